The number of ether oxygens (including phenoxy) is 1. The maximum atomic E-state index is 11.7. The second-order valence-electron chi connectivity index (χ2n) is 3.92. The van der Waals surface area contributed by atoms with Gasteiger partial charge in [0.05, 0.1) is 0 Å². The van der Waals surface area contributed by atoms with Crippen LogP contribution in [-0.2, 0) is 9.53 Å². The summed E-state index contributed by atoms with van der Waals surface area (Å²) in [4.78, 5) is 13.6. The van der Waals surface area contributed by atoms with E-state index in [2.05, 4.69) is 6.92 Å². The first-order chi connectivity index (χ1) is 6.77. The molecular formula is C11H21NO2. The van der Waals surface area contributed by atoms with Crippen LogP contribution < -0.4 is 0 Å². The number of carbonyl (C=O) groups excluding carboxylic acids is 1. The highest BCUT2D eigenvalue weighted by Crippen LogP contribution is 2.29. The number of rotatable bonds is 7. The molecule has 0 radical (unpaired) electrons. The van der Waals surface area contributed by atoms with E-state index in [4.69, 9.17) is 4.74 Å². The zero-order valence-electron chi connectivity index (χ0n) is 9.29. The first-order valence-electron chi connectivity index (χ1n) is 5.63. The molecule has 0 atom stereocenters. The van der Waals surface area contributed by atoms with E-state index in [0.29, 0.717) is 6.61 Å². The van der Waals surface area contributed by atoms with Crippen molar-refractivity contribution in [2.45, 2.75) is 33.1 Å². The zero-order valence-corrected chi connectivity index (χ0v) is 9.29. The number of hydrogen-bond donors (Lipinski definition) is 0. The summed E-state index contributed by atoms with van der Waals surface area (Å²) < 4.78 is 5.13. The van der Waals surface area contributed by atoms with Crippen molar-refractivity contribution in [1.29, 1.82) is 0 Å². The van der Waals surface area contributed by atoms with Gasteiger partial charge in [0.1, 0.15) is 6.61 Å². The quantitative estimate of drug-likeness (QED) is 0.624. The summed E-state index contributed by atoms with van der Waals surface area (Å²) in [5.74, 6) is 0.924. The third kappa shape index (κ3) is 4.09. The standard InChI is InChI=1S/C11H21NO2/c1-3-7-12(8-10-5-6-10)11(13)9-14-4-2/h10H,3-9H2,1-2H3. The van der Waals surface area contributed by atoms with Crippen molar-refractivity contribution in [1.82, 2.24) is 4.90 Å². The number of amides is 1. The van der Waals surface area contributed by atoms with Crippen molar-refractivity contribution in [3.8, 4) is 0 Å². The molecular weight excluding hydrogens is 178 g/mol. The van der Waals surface area contributed by atoms with Crippen molar-refractivity contribution in [2.75, 3.05) is 26.3 Å². The summed E-state index contributed by atoms with van der Waals surface area (Å²) in [6.07, 6.45) is 3.62. The molecule has 1 amide bonds. The first kappa shape index (κ1) is 11.5. The maximum absolute atomic E-state index is 11.7. The fourth-order valence-electron chi connectivity index (χ4n) is 1.48. The van der Waals surface area contributed by atoms with Gasteiger partial charge >= 0.3 is 0 Å². The Labute approximate surface area is 86.4 Å². The van der Waals surface area contributed by atoms with Crippen molar-refractivity contribution >= 4 is 5.91 Å². The van der Waals surface area contributed by atoms with E-state index in [0.717, 1.165) is 25.4 Å². The third-order valence-electron chi connectivity index (χ3n) is 2.45. The van der Waals surface area contributed by atoms with Crippen LogP contribution in [0.3, 0.4) is 0 Å². The third-order valence-corrected chi connectivity index (χ3v) is 2.45. The molecule has 0 bridgehead atoms. The Kier molecular flexibility index (Phi) is 4.94. The van der Waals surface area contributed by atoms with Gasteiger partial charge in [-0.3, -0.25) is 4.79 Å². The summed E-state index contributed by atoms with van der Waals surface area (Å²) in [6.45, 7) is 6.71. The van der Waals surface area contributed by atoms with Crippen LogP contribution in [0.2, 0.25) is 0 Å². The molecule has 1 aliphatic carbocycles. The van der Waals surface area contributed by atoms with Crippen molar-refractivity contribution in [2.24, 2.45) is 5.92 Å². The molecule has 3 nitrogen and oxygen atoms in total. The molecule has 0 unspecified atom stereocenters. The Morgan fingerprint density at radius 2 is 2.14 bits per heavy atom. The molecule has 14 heavy (non-hydrogen) atoms. The van der Waals surface area contributed by atoms with Gasteiger partial charge in [-0.05, 0) is 32.1 Å². The molecule has 1 fully saturated rings. The predicted molar refractivity (Wildman–Crippen MR) is 56.1 cm³/mol. The average Bonchev–Trinajstić information content (AvgIpc) is 2.97. The lowest BCUT2D eigenvalue weighted by molar-refractivity contribution is -0.136. The zero-order chi connectivity index (χ0) is 10.4. The summed E-state index contributed by atoms with van der Waals surface area (Å²) in [5.41, 5.74) is 0. The number of nitrogens with zero attached hydrogens (tertiary/aromatic N) is 1. The Bertz CT molecular complexity index is 178. The Hall–Kier alpha value is -0.570. The van der Waals surface area contributed by atoms with E-state index < -0.39 is 0 Å². The number of hydrogen-bond acceptors (Lipinski definition) is 2. The van der Waals surface area contributed by atoms with Crippen molar-refractivity contribution in [3.63, 3.8) is 0 Å². The highest BCUT2D eigenvalue weighted by Gasteiger charge is 2.26. The fourth-order valence-corrected chi connectivity index (χ4v) is 1.48. The minimum Gasteiger partial charge on any atom is -0.372 e. The molecule has 3 heteroatoms. The highest BCUT2D eigenvalue weighted by atomic mass is 16.5. The largest absolute Gasteiger partial charge is 0.372 e. The molecule has 1 rings (SSSR count). The van der Waals surface area contributed by atoms with Gasteiger partial charge in [0.25, 0.3) is 0 Å². The molecule has 0 N–H and O–H groups in total. The summed E-state index contributed by atoms with van der Waals surface area (Å²) >= 11 is 0. The SMILES string of the molecule is CCCN(CC1CC1)C(=O)COCC. The van der Waals surface area contributed by atoms with E-state index in [1.54, 1.807) is 0 Å². The lowest BCUT2D eigenvalue weighted by atomic mass is 10.3. The van der Waals surface area contributed by atoms with Crippen LogP contribution >= 0.6 is 0 Å². The monoisotopic (exact) mass is 199 g/mol. The minimum absolute atomic E-state index is 0.153. The second-order valence-corrected chi connectivity index (χ2v) is 3.92. The molecule has 82 valence electrons. The van der Waals surface area contributed by atoms with Gasteiger partial charge in [-0.15, -0.1) is 0 Å². The Balaban J connectivity index is 2.26. The Morgan fingerprint density at radius 1 is 1.43 bits per heavy atom. The molecule has 1 aliphatic rings. The van der Waals surface area contributed by atoms with E-state index in [1.165, 1.54) is 12.8 Å². The smallest absolute Gasteiger partial charge is 0.248 e. The molecule has 0 heterocycles. The van der Waals surface area contributed by atoms with Crippen LogP contribution in [-0.4, -0.2) is 37.1 Å². The molecule has 0 spiro atoms. The highest BCUT2D eigenvalue weighted by molar-refractivity contribution is 5.77. The van der Waals surface area contributed by atoms with E-state index in [-0.39, 0.29) is 12.5 Å². The van der Waals surface area contributed by atoms with Crippen LogP contribution in [0.15, 0.2) is 0 Å². The molecule has 0 aromatic heterocycles. The first-order valence-corrected chi connectivity index (χ1v) is 5.63. The summed E-state index contributed by atoms with van der Waals surface area (Å²) in [6, 6.07) is 0. The predicted octanol–water partition coefficient (Wildman–Crippen LogP) is 1.67. The lowest BCUT2D eigenvalue weighted by Gasteiger charge is -2.21. The van der Waals surface area contributed by atoms with Gasteiger partial charge in [0.15, 0.2) is 0 Å². The molecule has 1 saturated carbocycles. The van der Waals surface area contributed by atoms with Crippen LogP contribution in [0.1, 0.15) is 33.1 Å². The van der Waals surface area contributed by atoms with Gasteiger partial charge < -0.3 is 9.64 Å². The van der Waals surface area contributed by atoms with Crippen LogP contribution in [0.4, 0.5) is 0 Å². The van der Waals surface area contributed by atoms with Crippen LogP contribution in [0.5, 0.6) is 0 Å². The second kappa shape index (κ2) is 6.02. The Morgan fingerprint density at radius 3 is 2.64 bits per heavy atom. The lowest BCUT2D eigenvalue weighted by Crippen LogP contribution is -2.36. The van der Waals surface area contributed by atoms with Crippen LogP contribution in [0.25, 0.3) is 0 Å². The average molecular weight is 199 g/mol. The van der Waals surface area contributed by atoms with Gasteiger partial charge in [-0.1, -0.05) is 6.92 Å². The van der Waals surface area contributed by atoms with Crippen LogP contribution in [0, 0.1) is 5.92 Å². The topological polar surface area (TPSA) is 29.5 Å². The van der Waals surface area contributed by atoms with E-state index >= 15 is 0 Å². The fraction of sp³-hybridized carbons (Fsp3) is 0.909. The summed E-state index contributed by atoms with van der Waals surface area (Å²) in [7, 11) is 0. The van der Waals surface area contributed by atoms with E-state index in [1.807, 2.05) is 11.8 Å². The molecule has 0 aromatic carbocycles. The molecule has 0 aromatic rings. The van der Waals surface area contributed by atoms with Gasteiger partial charge in [0.2, 0.25) is 5.91 Å². The molecule has 0 aliphatic heterocycles. The van der Waals surface area contributed by atoms with Gasteiger partial charge in [-0.2, -0.15) is 0 Å². The van der Waals surface area contributed by atoms with Crippen molar-refractivity contribution in [3.05, 3.63) is 0 Å². The number of carbonyl (C=O) groups is 1. The molecule has 0 saturated heterocycles. The van der Waals surface area contributed by atoms with Gasteiger partial charge in [0, 0.05) is 19.7 Å². The maximum Gasteiger partial charge on any atom is 0.248 e. The normalized spacial score (nSPS) is 15.6. The van der Waals surface area contributed by atoms with E-state index in [9.17, 15) is 4.79 Å². The van der Waals surface area contributed by atoms with Gasteiger partial charge in [-0.25, -0.2) is 0 Å². The minimum atomic E-state index is 0.153. The van der Waals surface area contributed by atoms with Crippen molar-refractivity contribution < 1.29 is 9.53 Å². The summed E-state index contributed by atoms with van der Waals surface area (Å²) in [5, 5.41) is 0.